The van der Waals surface area contributed by atoms with Crippen LogP contribution in [0.3, 0.4) is 0 Å². The Morgan fingerprint density at radius 3 is 1.72 bits per heavy atom. The Labute approximate surface area is 311 Å². The van der Waals surface area contributed by atoms with Crippen molar-refractivity contribution in [2.45, 2.75) is 25.8 Å². The van der Waals surface area contributed by atoms with E-state index in [0.29, 0.717) is 0 Å². The number of rotatable bonds is 6. The Bertz CT molecular complexity index is 2790. The van der Waals surface area contributed by atoms with Crippen LogP contribution in [0.5, 0.6) is 0 Å². The number of benzene rings is 9. The third kappa shape index (κ3) is 5.07. The molecule has 0 heterocycles. The van der Waals surface area contributed by atoms with Crippen LogP contribution in [-0.2, 0) is 12.0 Å². The topological polar surface area (TPSA) is 3.24 Å². The summed E-state index contributed by atoms with van der Waals surface area (Å²) in [4.78, 5) is 2.41. The van der Waals surface area contributed by atoms with Gasteiger partial charge in [0.05, 0.1) is 0 Å². The molecule has 0 N–H and O–H groups in total. The number of hydrogen-bond donors (Lipinski definition) is 0. The van der Waals surface area contributed by atoms with Gasteiger partial charge in [-0.05, 0) is 125 Å². The van der Waals surface area contributed by atoms with Gasteiger partial charge in [-0.3, -0.25) is 0 Å². The van der Waals surface area contributed by atoms with Crippen molar-refractivity contribution in [3.8, 4) is 33.4 Å². The molecule has 9 aromatic rings. The van der Waals surface area contributed by atoms with Gasteiger partial charge >= 0.3 is 0 Å². The van der Waals surface area contributed by atoms with Gasteiger partial charge in [0.15, 0.2) is 0 Å². The predicted molar refractivity (Wildman–Crippen MR) is 226 cm³/mol. The molecule has 0 aromatic heterocycles. The monoisotopic (exact) mass is 677 g/mol. The fourth-order valence-corrected chi connectivity index (χ4v) is 8.97. The fraction of sp³-hybridized carbons (Fsp3) is 0.0769. The van der Waals surface area contributed by atoms with Crippen LogP contribution in [0.4, 0.5) is 11.4 Å². The molecule has 0 fully saturated rings. The molecule has 0 unspecified atom stereocenters. The van der Waals surface area contributed by atoms with Crippen LogP contribution in [0, 0.1) is 0 Å². The lowest BCUT2D eigenvalue weighted by Crippen LogP contribution is -2.16. The van der Waals surface area contributed by atoms with Crippen molar-refractivity contribution in [1.29, 1.82) is 0 Å². The summed E-state index contributed by atoms with van der Waals surface area (Å²) < 4.78 is 0. The number of anilines is 2. The van der Waals surface area contributed by atoms with Crippen molar-refractivity contribution in [1.82, 2.24) is 0 Å². The van der Waals surface area contributed by atoms with Gasteiger partial charge < -0.3 is 4.90 Å². The van der Waals surface area contributed by atoms with E-state index in [9.17, 15) is 0 Å². The van der Waals surface area contributed by atoms with Gasteiger partial charge in [-0.1, -0.05) is 159 Å². The third-order valence-electron chi connectivity index (χ3n) is 11.5. The van der Waals surface area contributed by atoms with Gasteiger partial charge in [0.25, 0.3) is 0 Å². The molecule has 0 saturated carbocycles. The third-order valence-corrected chi connectivity index (χ3v) is 11.5. The first kappa shape index (κ1) is 31.3. The average molecular weight is 678 g/mol. The first-order valence-electron chi connectivity index (χ1n) is 18.6. The quantitative estimate of drug-likeness (QED) is 0.158. The van der Waals surface area contributed by atoms with Crippen LogP contribution >= 0.6 is 0 Å². The van der Waals surface area contributed by atoms with Crippen molar-refractivity contribution in [2.24, 2.45) is 0 Å². The first-order valence-corrected chi connectivity index (χ1v) is 18.6. The lowest BCUT2D eigenvalue weighted by Gasteiger charge is -2.26. The molecular formula is C52H39N. The number of fused-ring (bicyclic) bond motifs is 6. The van der Waals surface area contributed by atoms with Crippen molar-refractivity contribution in [3.05, 3.63) is 205 Å². The summed E-state index contributed by atoms with van der Waals surface area (Å²) in [5, 5.41) is 7.68. The lowest BCUT2D eigenvalue weighted by atomic mass is 9.79. The summed E-state index contributed by atoms with van der Waals surface area (Å²) in [6.07, 6.45) is 0. The molecular weight excluding hydrogens is 639 g/mol. The SMILES string of the molecule is CC1(C)c2ccccc2-c2cc3c(-c4cccc5ccccc45)c4ccccc4c(-c4cccc(CN(c5ccccc5)c5ccccc5)c4)c3cc21. The van der Waals surface area contributed by atoms with E-state index in [-0.39, 0.29) is 5.41 Å². The Morgan fingerprint density at radius 2 is 0.962 bits per heavy atom. The normalized spacial score (nSPS) is 12.9. The highest BCUT2D eigenvalue weighted by atomic mass is 15.1. The molecule has 1 aliphatic carbocycles. The van der Waals surface area contributed by atoms with E-state index in [1.165, 1.54) is 93.8 Å². The molecule has 0 amide bonds. The van der Waals surface area contributed by atoms with Crippen LogP contribution < -0.4 is 4.90 Å². The molecule has 53 heavy (non-hydrogen) atoms. The van der Waals surface area contributed by atoms with E-state index in [4.69, 9.17) is 0 Å². The number of hydrogen-bond acceptors (Lipinski definition) is 1. The molecule has 9 aromatic carbocycles. The molecule has 0 saturated heterocycles. The van der Waals surface area contributed by atoms with Crippen molar-refractivity contribution in [3.63, 3.8) is 0 Å². The van der Waals surface area contributed by atoms with Crippen molar-refractivity contribution < 1.29 is 0 Å². The predicted octanol–water partition coefficient (Wildman–Crippen LogP) is 14.1. The molecule has 10 rings (SSSR count). The largest absolute Gasteiger partial charge is 0.337 e. The summed E-state index contributed by atoms with van der Waals surface area (Å²) in [6.45, 7) is 5.53. The van der Waals surface area contributed by atoms with Crippen LogP contribution in [-0.4, -0.2) is 0 Å². The zero-order chi connectivity index (χ0) is 35.5. The Balaban J connectivity index is 1.26. The highest BCUT2D eigenvalue weighted by molar-refractivity contribution is 6.24. The molecule has 0 atom stereocenters. The van der Waals surface area contributed by atoms with E-state index in [2.05, 4.69) is 207 Å². The smallest absolute Gasteiger partial charge is 0.0481 e. The van der Waals surface area contributed by atoms with Gasteiger partial charge in [-0.2, -0.15) is 0 Å². The molecule has 0 spiro atoms. The second-order valence-electron chi connectivity index (χ2n) is 14.9. The van der Waals surface area contributed by atoms with Crippen LogP contribution in [0.25, 0.3) is 65.7 Å². The van der Waals surface area contributed by atoms with Crippen molar-refractivity contribution in [2.75, 3.05) is 4.90 Å². The summed E-state index contributed by atoms with van der Waals surface area (Å²) in [5.41, 5.74) is 14.1. The van der Waals surface area contributed by atoms with Gasteiger partial charge in [0.2, 0.25) is 0 Å². The zero-order valence-electron chi connectivity index (χ0n) is 30.1. The minimum atomic E-state index is -0.115. The second kappa shape index (κ2) is 12.4. The molecule has 0 bridgehead atoms. The lowest BCUT2D eigenvalue weighted by molar-refractivity contribution is 0.661. The minimum absolute atomic E-state index is 0.115. The summed E-state index contributed by atoms with van der Waals surface area (Å²) in [6, 6.07) is 69.4. The Morgan fingerprint density at radius 1 is 0.396 bits per heavy atom. The van der Waals surface area contributed by atoms with E-state index in [1.54, 1.807) is 0 Å². The molecule has 252 valence electrons. The van der Waals surface area contributed by atoms with Gasteiger partial charge in [-0.25, -0.2) is 0 Å². The Hall–Kier alpha value is -6.44. The van der Waals surface area contributed by atoms with E-state index in [0.717, 1.165) is 6.54 Å². The van der Waals surface area contributed by atoms with Crippen LogP contribution in [0.1, 0.15) is 30.5 Å². The van der Waals surface area contributed by atoms with Crippen molar-refractivity contribution >= 4 is 43.7 Å². The van der Waals surface area contributed by atoms with E-state index >= 15 is 0 Å². The number of para-hydroxylation sites is 2. The van der Waals surface area contributed by atoms with Gasteiger partial charge in [0.1, 0.15) is 0 Å². The molecule has 1 heteroatoms. The average Bonchev–Trinajstić information content (AvgIpc) is 3.44. The number of nitrogens with zero attached hydrogens (tertiary/aromatic N) is 1. The zero-order valence-corrected chi connectivity index (χ0v) is 30.1. The standard InChI is InChI=1S/C52H39N/c1-52(2)48-30-14-13-26-41(48)45-32-46-47(33-49(45)52)50(43-27-11-12-28-44(43)51(46)42-29-16-19-36-18-9-10-25-40(36)42)37-20-15-17-35(31-37)34-53(38-21-5-3-6-22-38)39-23-7-4-8-24-39/h3-33H,34H2,1-2H3. The van der Waals surface area contributed by atoms with Crippen LogP contribution in [0.15, 0.2) is 188 Å². The maximum absolute atomic E-state index is 2.54. The molecule has 0 aliphatic heterocycles. The summed E-state index contributed by atoms with van der Waals surface area (Å²) >= 11 is 0. The molecule has 0 radical (unpaired) electrons. The van der Waals surface area contributed by atoms with Gasteiger partial charge in [0, 0.05) is 23.3 Å². The minimum Gasteiger partial charge on any atom is -0.337 e. The van der Waals surface area contributed by atoms with Crippen LogP contribution in [0.2, 0.25) is 0 Å². The maximum Gasteiger partial charge on any atom is 0.0481 e. The molecule has 1 aliphatic rings. The fourth-order valence-electron chi connectivity index (χ4n) is 8.97. The van der Waals surface area contributed by atoms with E-state index in [1.807, 2.05) is 0 Å². The highest BCUT2D eigenvalue weighted by Crippen LogP contribution is 2.53. The van der Waals surface area contributed by atoms with E-state index < -0.39 is 0 Å². The second-order valence-corrected chi connectivity index (χ2v) is 14.9. The summed E-state index contributed by atoms with van der Waals surface area (Å²) in [7, 11) is 0. The highest BCUT2D eigenvalue weighted by Gasteiger charge is 2.36. The van der Waals surface area contributed by atoms with Gasteiger partial charge in [-0.15, -0.1) is 0 Å². The first-order chi connectivity index (χ1) is 26.1. The summed E-state index contributed by atoms with van der Waals surface area (Å²) in [5.74, 6) is 0. The molecule has 1 nitrogen and oxygen atoms in total. The Kier molecular flexibility index (Phi) is 7.30. The maximum atomic E-state index is 2.54.